The number of anilines is 1. The lowest BCUT2D eigenvalue weighted by molar-refractivity contribution is 0.00578. The Kier molecular flexibility index (Phi) is 3.98. The van der Waals surface area contributed by atoms with Crippen molar-refractivity contribution in [3.05, 3.63) is 18.3 Å². The molecule has 22 heavy (non-hydrogen) atoms. The molecule has 0 spiro atoms. The summed E-state index contributed by atoms with van der Waals surface area (Å²) in [6.07, 6.45) is 5.67. The lowest BCUT2D eigenvalue weighted by Gasteiger charge is -2.34. The highest BCUT2D eigenvalue weighted by Crippen LogP contribution is 2.36. The van der Waals surface area contributed by atoms with Crippen LogP contribution in [0, 0.1) is 0 Å². The van der Waals surface area contributed by atoms with Gasteiger partial charge < -0.3 is 14.2 Å². The van der Waals surface area contributed by atoms with Crippen LogP contribution in [0.5, 0.6) is 0 Å². The van der Waals surface area contributed by atoms with E-state index in [1.807, 2.05) is 12.3 Å². The normalized spacial score (nSPS) is 27.2. The van der Waals surface area contributed by atoms with Crippen molar-refractivity contribution >= 4 is 18.4 Å². The van der Waals surface area contributed by atoms with Crippen LogP contribution in [0.15, 0.2) is 18.3 Å². The topological polar surface area (TPSA) is 34.6 Å². The number of piperidine rings is 1. The van der Waals surface area contributed by atoms with Crippen LogP contribution in [0.2, 0.25) is 0 Å². The third-order valence-electron chi connectivity index (χ3n) is 5.39. The standard InChI is InChI=1S/C17H27BN2O2/c1-13-8-6-7-11-20(13)15-12-14(9-10-19-15)18-21-16(2,3)17(4,5)22-18/h9-10,12-13H,6-8,11H2,1-5H3/t13-/m1/s1. The molecule has 3 heterocycles. The molecule has 1 aromatic rings. The average molecular weight is 302 g/mol. The SMILES string of the molecule is C[C@@H]1CCCCN1c1cc(B2OC(C)(C)C(C)(C)O2)ccn1. The minimum absolute atomic E-state index is 0.306. The summed E-state index contributed by atoms with van der Waals surface area (Å²) in [5, 5.41) is 0. The average Bonchev–Trinajstić information content (AvgIpc) is 2.68. The predicted molar refractivity (Wildman–Crippen MR) is 90.6 cm³/mol. The van der Waals surface area contributed by atoms with E-state index in [2.05, 4.69) is 50.6 Å². The van der Waals surface area contributed by atoms with Crippen molar-refractivity contribution in [3.63, 3.8) is 0 Å². The summed E-state index contributed by atoms with van der Waals surface area (Å²) in [6.45, 7) is 11.7. The molecule has 2 aliphatic rings. The first-order valence-electron chi connectivity index (χ1n) is 8.38. The van der Waals surface area contributed by atoms with Crippen molar-refractivity contribution < 1.29 is 9.31 Å². The van der Waals surface area contributed by atoms with E-state index in [9.17, 15) is 0 Å². The van der Waals surface area contributed by atoms with E-state index in [4.69, 9.17) is 9.31 Å². The van der Waals surface area contributed by atoms with Crippen molar-refractivity contribution in [3.8, 4) is 0 Å². The van der Waals surface area contributed by atoms with Gasteiger partial charge in [-0.2, -0.15) is 0 Å². The molecule has 1 aromatic heterocycles. The van der Waals surface area contributed by atoms with Crippen molar-refractivity contribution in [2.24, 2.45) is 0 Å². The maximum absolute atomic E-state index is 6.15. The molecule has 0 unspecified atom stereocenters. The van der Waals surface area contributed by atoms with Gasteiger partial charge in [0, 0.05) is 18.8 Å². The molecule has 2 saturated heterocycles. The van der Waals surface area contributed by atoms with Gasteiger partial charge in [0.15, 0.2) is 0 Å². The van der Waals surface area contributed by atoms with Gasteiger partial charge in [-0.25, -0.2) is 4.98 Å². The van der Waals surface area contributed by atoms with Crippen LogP contribution in [-0.2, 0) is 9.31 Å². The zero-order valence-corrected chi connectivity index (χ0v) is 14.4. The third kappa shape index (κ3) is 2.76. The third-order valence-corrected chi connectivity index (χ3v) is 5.39. The summed E-state index contributed by atoms with van der Waals surface area (Å²) in [7, 11) is -0.313. The first-order chi connectivity index (χ1) is 10.3. The van der Waals surface area contributed by atoms with Gasteiger partial charge in [-0.3, -0.25) is 0 Å². The van der Waals surface area contributed by atoms with E-state index in [0.717, 1.165) is 17.8 Å². The van der Waals surface area contributed by atoms with Crippen LogP contribution in [-0.4, -0.2) is 35.9 Å². The summed E-state index contributed by atoms with van der Waals surface area (Å²) in [4.78, 5) is 6.97. The molecule has 0 radical (unpaired) electrons. The van der Waals surface area contributed by atoms with Crippen molar-refractivity contribution in [1.29, 1.82) is 0 Å². The van der Waals surface area contributed by atoms with Crippen molar-refractivity contribution in [2.75, 3.05) is 11.4 Å². The first kappa shape index (κ1) is 15.8. The minimum atomic E-state index is -0.313. The van der Waals surface area contributed by atoms with Gasteiger partial charge in [0.1, 0.15) is 5.82 Å². The highest BCUT2D eigenvalue weighted by atomic mass is 16.7. The Morgan fingerprint density at radius 3 is 2.50 bits per heavy atom. The largest absolute Gasteiger partial charge is 0.495 e. The van der Waals surface area contributed by atoms with Gasteiger partial charge in [-0.05, 0) is 71.5 Å². The highest BCUT2D eigenvalue weighted by molar-refractivity contribution is 6.62. The molecule has 2 aliphatic heterocycles. The van der Waals surface area contributed by atoms with Gasteiger partial charge in [0.05, 0.1) is 11.2 Å². The second-order valence-electron chi connectivity index (χ2n) is 7.57. The maximum atomic E-state index is 6.15. The molecule has 5 heteroatoms. The molecule has 4 nitrogen and oxygen atoms in total. The minimum Gasteiger partial charge on any atom is -0.399 e. The Hall–Kier alpha value is -1.07. The van der Waals surface area contributed by atoms with E-state index < -0.39 is 0 Å². The summed E-state index contributed by atoms with van der Waals surface area (Å²) in [5.74, 6) is 1.04. The molecular weight excluding hydrogens is 275 g/mol. The number of nitrogens with zero attached hydrogens (tertiary/aromatic N) is 2. The van der Waals surface area contributed by atoms with E-state index in [-0.39, 0.29) is 18.3 Å². The lowest BCUT2D eigenvalue weighted by Crippen LogP contribution is -2.41. The van der Waals surface area contributed by atoms with Crippen LogP contribution in [0.4, 0.5) is 5.82 Å². The molecule has 3 rings (SSSR count). The van der Waals surface area contributed by atoms with Gasteiger partial charge in [0.2, 0.25) is 0 Å². The number of hydrogen-bond acceptors (Lipinski definition) is 4. The van der Waals surface area contributed by atoms with E-state index in [0.29, 0.717) is 6.04 Å². The van der Waals surface area contributed by atoms with Crippen LogP contribution in [0.1, 0.15) is 53.9 Å². The molecule has 0 N–H and O–H groups in total. The summed E-state index contributed by atoms with van der Waals surface area (Å²) < 4.78 is 12.3. The molecule has 0 amide bonds. The summed E-state index contributed by atoms with van der Waals surface area (Å²) >= 11 is 0. The summed E-state index contributed by atoms with van der Waals surface area (Å²) in [6, 6.07) is 4.68. The Bertz CT molecular complexity index is 531. The van der Waals surface area contributed by atoms with Gasteiger partial charge in [-0.1, -0.05) is 0 Å². The molecule has 2 fully saturated rings. The number of pyridine rings is 1. The number of aromatic nitrogens is 1. The quantitative estimate of drug-likeness (QED) is 0.787. The Labute approximate surface area is 134 Å². The Balaban J connectivity index is 1.83. The fourth-order valence-electron chi connectivity index (χ4n) is 3.16. The lowest BCUT2D eigenvalue weighted by atomic mass is 9.79. The zero-order valence-electron chi connectivity index (χ0n) is 14.4. The van der Waals surface area contributed by atoms with Gasteiger partial charge >= 0.3 is 7.12 Å². The van der Waals surface area contributed by atoms with Crippen molar-refractivity contribution in [1.82, 2.24) is 4.98 Å². The monoisotopic (exact) mass is 302 g/mol. The molecule has 120 valence electrons. The van der Waals surface area contributed by atoms with E-state index in [1.165, 1.54) is 19.3 Å². The van der Waals surface area contributed by atoms with E-state index >= 15 is 0 Å². The van der Waals surface area contributed by atoms with Crippen LogP contribution in [0.3, 0.4) is 0 Å². The first-order valence-corrected chi connectivity index (χ1v) is 8.38. The number of hydrogen-bond donors (Lipinski definition) is 0. The molecule has 0 aromatic carbocycles. The highest BCUT2D eigenvalue weighted by Gasteiger charge is 2.51. The van der Waals surface area contributed by atoms with Crippen LogP contribution >= 0.6 is 0 Å². The zero-order chi connectivity index (χ0) is 16.0. The number of rotatable bonds is 2. The molecule has 1 atom stereocenters. The molecule has 0 saturated carbocycles. The molecular formula is C17H27BN2O2. The predicted octanol–water partition coefficient (Wildman–Crippen LogP) is 2.76. The molecule has 0 aliphatic carbocycles. The molecule has 0 bridgehead atoms. The van der Waals surface area contributed by atoms with Crippen LogP contribution < -0.4 is 10.4 Å². The maximum Gasteiger partial charge on any atom is 0.495 e. The Morgan fingerprint density at radius 1 is 1.18 bits per heavy atom. The van der Waals surface area contributed by atoms with Crippen molar-refractivity contribution in [2.45, 2.75) is 71.1 Å². The van der Waals surface area contributed by atoms with Crippen LogP contribution in [0.25, 0.3) is 0 Å². The second kappa shape index (κ2) is 5.53. The smallest absolute Gasteiger partial charge is 0.399 e. The summed E-state index contributed by atoms with van der Waals surface area (Å²) in [5.41, 5.74) is 0.445. The fourth-order valence-corrected chi connectivity index (χ4v) is 3.16. The van der Waals surface area contributed by atoms with Gasteiger partial charge in [0.25, 0.3) is 0 Å². The Morgan fingerprint density at radius 2 is 1.86 bits per heavy atom. The van der Waals surface area contributed by atoms with Gasteiger partial charge in [-0.15, -0.1) is 0 Å². The fraction of sp³-hybridized carbons (Fsp3) is 0.706. The van der Waals surface area contributed by atoms with E-state index in [1.54, 1.807) is 0 Å². The second-order valence-corrected chi connectivity index (χ2v) is 7.57.